The van der Waals surface area contributed by atoms with Gasteiger partial charge in [0.15, 0.2) is 11.9 Å². The third-order valence-corrected chi connectivity index (χ3v) is 3.07. The van der Waals surface area contributed by atoms with Gasteiger partial charge in [0.25, 0.3) is 5.91 Å². The van der Waals surface area contributed by atoms with Gasteiger partial charge in [-0.1, -0.05) is 11.6 Å². The van der Waals surface area contributed by atoms with E-state index in [0.29, 0.717) is 0 Å². The van der Waals surface area contributed by atoms with Crippen molar-refractivity contribution < 1.29 is 27.6 Å². The first kappa shape index (κ1) is 16.1. The van der Waals surface area contributed by atoms with Gasteiger partial charge in [-0.2, -0.15) is 17.7 Å². The third-order valence-electron chi connectivity index (χ3n) is 2.74. The summed E-state index contributed by atoms with van der Waals surface area (Å²) < 4.78 is 39.3. The molecule has 1 amide bonds. The molecule has 22 heavy (non-hydrogen) atoms. The molecule has 0 aliphatic rings. The van der Waals surface area contributed by atoms with Gasteiger partial charge >= 0.3 is 6.18 Å². The Morgan fingerprint density at radius 3 is 2.68 bits per heavy atom. The van der Waals surface area contributed by atoms with Crippen LogP contribution in [0, 0.1) is 0 Å². The summed E-state index contributed by atoms with van der Waals surface area (Å²) in [5.41, 5.74) is -1.03. The van der Waals surface area contributed by atoms with Crippen LogP contribution in [0.4, 0.5) is 18.9 Å². The quantitative estimate of drug-likeness (QED) is 0.850. The number of nitrogens with one attached hydrogen (secondary N) is 1. The number of benzene rings is 1. The van der Waals surface area contributed by atoms with Gasteiger partial charge in [-0.25, -0.2) is 0 Å². The number of aromatic nitrogens is 1. The van der Waals surface area contributed by atoms with Crippen LogP contribution in [0.5, 0.6) is 5.75 Å². The predicted octanol–water partition coefficient (Wildman–Crippen LogP) is 2.99. The SMILES string of the molecule is O=C(C[n+]1cccc(O)c1)Nc1cc(C(F)(F)F)ccc1Cl. The van der Waals surface area contributed by atoms with Crippen molar-refractivity contribution in [2.45, 2.75) is 12.7 Å². The van der Waals surface area contributed by atoms with Crippen LogP contribution in [0.2, 0.25) is 5.02 Å². The number of pyridine rings is 1. The van der Waals surface area contributed by atoms with Gasteiger partial charge in [-0.3, -0.25) is 4.79 Å². The summed E-state index contributed by atoms with van der Waals surface area (Å²) in [5.74, 6) is -0.607. The molecule has 0 unspecified atom stereocenters. The van der Waals surface area contributed by atoms with Gasteiger partial charge in [-0.15, -0.1) is 0 Å². The summed E-state index contributed by atoms with van der Waals surface area (Å²) in [6.45, 7) is -0.180. The Morgan fingerprint density at radius 2 is 2.05 bits per heavy atom. The van der Waals surface area contributed by atoms with Crippen molar-refractivity contribution in [3.63, 3.8) is 0 Å². The second kappa shape index (κ2) is 6.23. The first-order valence-corrected chi connectivity index (χ1v) is 6.48. The van der Waals surface area contributed by atoms with Crippen molar-refractivity contribution in [3.05, 3.63) is 53.3 Å². The number of hydrogen-bond donors (Lipinski definition) is 2. The van der Waals surface area contributed by atoms with Crippen molar-refractivity contribution in [3.8, 4) is 5.75 Å². The largest absolute Gasteiger partial charge is 0.503 e. The zero-order chi connectivity index (χ0) is 16.3. The maximum absolute atomic E-state index is 12.6. The molecule has 4 nitrogen and oxygen atoms in total. The molecule has 1 aromatic carbocycles. The molecule has 2 aromatic rings. The van der Waals surface area contributed by atoms with Gasteiger partial charge in [0, 0.05) is 6.07 Å². The van der Waals surface area contributed by atoms with Gasteiger partial charge in [0.05, 0.1) is 16.3 Å². The van der Waals surface area contributed by atoms with E-state index >= 15 is 0 Å². The van der Waals surface area contributed by atoms with Crippen molar-refractivity contribution in [2.75, 3.05) is 5.32 Å². The van der Waals surface area contributed by atoms with Gasteiger partial charge in [-0.05, 0) is 24.3 Å². The Bertz CT molecular complexity index is 705. The van der Waals surface area contributed by atoms with Crippen LogP contribution >= 0.6 is 11.6 Å². The molecule has 0 saturated heterocycles. The maximum atomic E-state index is 12.6. The number of nitrogens with zero attached hydrogens (tertiary/aromatic N) is 1. The van der Waals surface area contributed by atoms with E-state index in [4.69, 9.17) is 11.6 Å². The van der Waals surface area contributed by atoms with Crippen LogP contribution in [0.1, 0.15) is 5.56 Å². The van der Waals surface area contributed by atoms with Crippen LogP contribution < -0.4 is 9.88 Å². The molecule has 0 spiro atoms. The number of halogens is 4. The summed E-state index contributed by atoms with van der Waals surface area (Å²) in [6, 6.07) is 5.63. The van der Waals surface area contributed by atoms with Crippen molar-refractivity contribution >= 4 is 23.2 Å². The monoisotopic (exact) mass is 331 g/mol. The van der Waals surface area contributed by atoms with E-state index < -0.39 is 17.6 Å². The van der Waals surface area contributed by atoms with E-state index in [1.54, 1.807) is 0 Å². The van der Waals surface area contributed by atoms with E-state index in [-0.39, 0.29) is 23.0 Å². The van der Waals surface area contributed by atoms with E-state index in [1.165, 1.54) is 29.1 Å². The van der Waals surface area contributed by atoms with Crippen LogP contribution in [0.3, 0.4) is 0 Å². The molecule has 0 bridgehead atoms. The topological polar surface area (TPSA) is 53.2 Å². The molecule has 116 valence electrons. The van der Waals surface area contributed by atoms with Gasteiger partial charge < -0.3 is 10.4 Å². The molecule has 0 aliphatic carbocycles. The van der Waals surface area contributed by atoms with Crippen molar-refractivity contribution in [2.24, 2.45) is 0 Å². The number of hydrogen-bond acceptors (Lipinski definition) is 2. The third kappa shape index (κ3) is 4.11. The number of alkyl halides is 3. The summed E-state index contributed by atoms with van der Waals surface area (Å²) >= 11 is 5.79. The fraction of sp³-hybridized carbons (Fsp3) is 0.143. The number of carbonyl (C=O) groups is 1. The average molecular weight is 332 g/mol. The molecule has 1 heterocycles. The first-order chi connectivity index (χ1) is 10.3. The minimum atomic E-state index is -4.52. The predicted molar refractivity (Wildman–Crippen MR) is 73.4 cm³/mol. The van der Waals surface area contributed by atoms with E-state index in [1.807, 2.05) is 0 Å². The molecular weight excluding hydrogens is 321 g/mol. The van der Waals surface area contributed by atoms with Crippen LogP contribution in [0.15, 0.2) is 42.7 Å². The fourth-order valence-electron chi connectivity index (χ4n) is 1.76. The second-order valence-electron chi connectivity index (χ2n) is 4.48. The molecular formula is C14H11ClF3N2O2+. The Kier molecular flexibility index (Phi) is 4.56. The summed E-state index contributed by atoms with van der Waals surface area (Å²) in [7, 11) is 0. The number of anilines is 1. The van der Waals surface area contributed by atoms with Crippen LogP contribution in [-0.2, 0) is 17.5 Å². The summed E-state index contributed by atoms with van der Waals surface area (Å²) in [5, 5.41) is 11.6. The summed E-state index contributed by atoms with van der Waals surface area (Å²) in [4.78, 5) is 11.9. The number of rotatable bonds is 3. The lowest BCUT2D eigenvalue weighted by Crippen LogP contribution is -2.39. The van der Waals surface area contributed by atoms with Gasteiger partial charge in [0.2, 0.25) is 12.7 Å². The van der Waals surface area contributed by atoms with Crippen LogP contribution in [-0.4, -0.2) is 11.0 Å². The normalized spacial score (nSPS) is 11.3. The molecule has 0 radical (unpaired) electrons. The van der Waals surface area contributed by atoms with E-state index in [0.717, 1.165) is 18.2 Å². The second-order valence-corrected chi connectivity index (χ2v) is 4.88. The molecule has 8 heteroatoms. The minimum Gasteiger partial charge on any atom is -0.503 e. The lowest BCUT2D eigenvalue weighted by Gasteiger charge is -2.10. The van der Waals surface area contributed by atoms with E-state index in [9.17, 15) is 23.1 Å². The molecule has 1 aromatic heterocycles. The number of amides is 1. The zero-order valence-corrected chi connectivity index (χ0v) is 11.8. The number of carbonyl (C=O) groups excluding carboxylic acids is 1. The summed E-state index contributed by atoms with van der Waals surface area (Å²) in [6.07, 6.45) is -1.68. The zero-order valence-electron chi connectivity index (χ0n) is 11.1. The Morgan fingerprint density at radius 1 is 1.32 bits per heavy atom. The highest BCUT2D eigenvalue weighted by Gasteiger charge is 2.31. The smallest absolute Gasteiger partial charge is 0.416 e. The Hall–Kier alpha value is -2.28. The van der Waals surface area contributed by atoms with E-state index in [2.05, 4.69) is 5.32 Å². The molecule has 2 rings (SSSR count). The fourth-order valence-corrected chi connectivity index (χ4v) is 1.92. The molecule has 2 N–H and O–H groups in total. The Balaban J connectivity index is 2.14. The number of aromatic hydroxyl groups is 1. The standard InChI is InChI=1S/C14H10ClF3N2O2/c15-11-4-3-9(14(16,17)18)6-12(11)19-13(22)8-20-5-1-2-10(21)7-20/h1-7H,8H2,(H-,19,21,22)/p+1. The van der Waals surface area contributed by atoms with Crippen molar-refractivity contribution in [1.82, 2.24) is 0 Å². The molecule has 0 atom stereocenters. The van der Waals surface area contributed by atoms with Crippen molar-refractivity contribution in [1.29, 1.82) is 0 Å². The first-order valence-electron chi connectivity index (χ1n) is 6.10. The highest BCUT2D eigenvalue weighted by atomic mass is 35.5. The molecule has 0 fully saturated rings. The Labute approximate surface area is 128 Å². The average Bonchev–Trinajstić information content (AvgIpc) is 2.40. The van der Waals surface area contributed by atoms with Crippen LogP contribution in [0.25, 0.3) is 0 Å². The lowest BCUT2D eigenvalue weighted by molar-refractivity contribution is -0.684. The minimum absolute atomic E-state index is 0.00209. The lowest BCUT2D eigenvalue weighted by atomic mass is 10.2. The van der Waals surface area contributed by atoms with Gasteiger partial charge in [0.1, 0.15) is 0 Å². The molecule has 0 saturated carbocycles. The maximum Gasteiger partial charge on any atom is 0.416 e. The molecule has 0 aliphatic heterocycles. The highest BCUT2D eigenvalue weighted by Crippen LogP contribution is 2.33. The highest BCUT2D eigenvalue weighted by molar-refractivity contribution is 6.33.